The second-order valence-electron chi connectivity index (χ2n) is 5.62. The first-order valence-corrected chi connectivity index (χ1v) is 6.72. The van der Waals surface area contributed by atoms with Crippen LogP contribution in [0.2, 0.25) is 0 Å². The maximum Gasteiger partial charge on any atom is 0.412 e. The lowest BCUT2D eigenvalue weighted by atomic mass is 10.1. The Hall–Kier alpha value is -3.01. The average molecular weight is 318 g/mol. The normalized spacial score (nSPS) is 10.3. The molecule has 0 aliphatic rings. The molecule has 1 aromatic carbocycles. The number of hydrogen-bond acceptors (Lipinski definition) is 4. The molecule has 3 N–H and O–H groups in total. The van der Waals surface area contributed by atoms with Crippen LogP contribution in [0.5, 0.6) is 0 Å². The molecule has 0 bridgehead atoms. The summed E-state index contributed by atoms with van der Waals surface area (Å²) >= 11 is 0. The van der Waals surface area contributed by atoms with Crippen molar-refractivity contribution in [1.82, 2.24) is 5.32 Å². The first-order valence-electron chi connectivity index (χ1n) is 6.72. The Kier molecular flexibility index (Phi) is 5.74. The Morgan fingerprint density at radius 3 is 2.35 bits per heavy atom. The summed E-state index contributed by atoms with van der Waals surface area (Å²) in [6, 6.07) is 3.75. The van der Waals surface area contributed by atoms with Crippen LogP contribution < -0.4 is 10.6 Å². The zero-order valence-corrected chi connectivity index (χ0v) is 13.1. The van der Waals surface area contributed by atoms with Crippen LogP contribution in [0.4, 0.5) is 10.5 Å². The largest absolute Gasteiger partial charge is 0.478 e. The minimum atomic E-state index is -1.23. The van der Waals surface area contributed by atoms with Gasteiger partial charge in [0.15, 0.2) is 0 Å². The minimum Gasteiger partial charge on any atom is -0.478 e. The molecule has 0 aliphatic carbocycles. The number of carboxylic acid groups (broad SMARTS) is 1. The van der Waals surface area contributed by atoms with E-state index in [9.17, 15) is 14.4 Å². The van der Waals surface area contributed by atoms with Gasteiger partial charge in [0.1, 0.15) is 5.60 Å². The van der Waals surface area contributed by atoms with Gasteiger partial charge in [0.25, 0.3) is 5.91 Å². The molecule has 0 atom stereocenters. The van der Waals surface area contributed by atoms with Gasteiger partial charge in [0, 0.05) is 11.3 Å². The predicted molar refractivity (Wildman–Crippen MR) is 84.4 cm³/mol. The topological polar surface area (TPSA) is 105 Å². The maximum atomic E-state index is 11.9. The molecular weight excluding hydrogens is 300 g/mol. The van der Waals surface area contributed by atoms with E-state index in [1.165, 1.54) is 18.2 Å². The van der Waals surface area contributed by atoms with Crippen LogP contribution >= 0.6 is 0 Å². The van der Waals surface area contributed by atoms with E-state index in [0.29, 0.717) is 0 Å². The number of ether oxygens (including phenoxy) is 1. The van der Waals surface area contributed by atoms with Crippen molar-refractivity contribution in [3.63, 3.8) is 0 Å². The smallest absolute Gasteiger partial charge is 0.412 e. The first kappa shape index (κ1) is 18.0. The fourth-order valence-corrected chi connectivity index (χ4v) is 1.61. The highest BCUT2D eigenvalue weighted by Gasteiger charge is 2.18. The summed E-state index contributed by atoms with van der Waals surface area (Å²) in [6.45, 7) is 5.09. The van der Waals surface area contributed by atoms with Crippen LogP contribution in [-0.2, 0) is 4.74 Å². The van der Waals surface area contributed by atoms with Crippen LogP contribution in [0.15, 0.2) is 18.2 Å². The third-order valence-corrected chi connectivity index (χ3v) is 2.44. The molecule has 0 saturated carbocycles. The van der Waals surface area contributed by atoms with Gasteiger partial charge in [0.2, 0.25) is 0 Å². The van der Waals surface area contributed by atoms with E-state index < -0.39 is 23.6 Å². The summed E-state index contributed by atoms with van der Waals surface area (Å²) < 4.78 is 5.08. The zero-order valence-electron chi connectivity index (χ0n) is 13.1. The van der Waals surface area contributed by atoms with E-state index in [0.717, 1.165) is 0 Å². The van der Waals surface area contributed by atoms with Crippen LogP contribution in [0.3, 0.4) is 0 Å². The molecule has 0 spiro atoms. The molecule has 7 nitrogen and oxygen atoms in total. The van der Waals surface area contributed by atoms with Crippen molar-refractivity contribution < 1.29 is 24.2 Å². The van der Waals surface area contributed by atoms with Crippen LogP contribution in [-0.4, -0.2) is 35.2 Å². The maximum absolute atomic E-state index is 11.9. The Morgan fingerprint density at radius 1 is 1.22 bits per heavy atom. The van der Waals surface area contributed by atoms with Crippen molar-refractivity contribution in [2.24, 2.45) is 0 Å². The van der Waals surface area contributed by atoms with Gasteiger partial charge in [-0.1, -0.05) is 5.92 Å². The van der Waals surface area contributed by atoms with Gasteiger partial charge in [-0.2, -0.15) is 0 Å². The van der Waals surface area contributed by atoms with Gasteiger partial charge in [0.05, 0.1) is 12.1 Å². The second-order valence-corrected chi connectivity index (χ2v) is 5.62. The molecule has 0 radical (unpaired) electrons. The number of carbonyl (C=O) groups excluding carboxylic acids is 2. The van der Waals surface area contributed by atoms with Crippen molar-refractivity contribution in [3.8, 4) is 12.3 Å². The number of benzene rings is 1. The number of nitrogens with one attached hydrogen (secondary N) is 2. The molecule has 0 fully saturated rings. The number of amides is 2. The van der Waals surface area contributed by atoms with Gasteiger partial charge in [-0.15, -0.1) is 6.42 Å². The van der Waals surface area contributed by atoms with E-state index in [1.807, 2.05) is 0 Å². The molecule has 0 aliphatic heterocycles. The Labute approximate surface area is 134 Å². The molecule has 7 heteroatoms. The molecule has 23 heavy (non-hydrogen) atoms. The number of carboxylic acids is 1. The van der Waals surface area contributed by atoms with Crippen LogP contribution in [0, 0.1) is 12.3 Å². The lowest BCUT2D eigenvalue weighted by molar-refractivity contribution is 0.0632. The van der Waals surface area contributed by atoms with Crippen molar-refractivity contribution in [2.75, 3.05) is 11.9 Å². The summed E-state index contributed by atoms with van der Waals surface area (Å²) in [5, 5.41) is 13.9. The number of aromatic carboxylic acids is 1. The number of anilines is 1. The zero-order chi connectivity index (χ0) is 17.6. The summed E-state index contributed by atoms with van der Waals surface area (Å²) in [7, 11) is 0. The molecule has 122 valence electrons. The second kappa shape index (κ2) is 7.31. The van der Waals surface area contributed by atoms with E-state index >= 15 is 0 Å². The highest BCUT2D eigenvalue weighted by molar-refractivity contribution is 6.00. The van der Waals surface area contributed by atoms with E-state index in [2.05, 4.69) is 16.6 Å². The van der Waals surface area contributed by atoms with Crippen molar-refractivity contribution in [2.45, 2.75) is 26.4 Å². The van der Waals surface area contributed by atoms with Crippen LogP contribution in [0.1, 0.15) is 41.5 Å². The number of carbonyl (C=O) groups is 3. The number of terminal acetylenes is 1. The molecule has 1 rings (SSSR count). The monoisotopic (exact) mass is 318 g/mol. The molecule has 0 saturated heterocycles. The molecule has 0 heterocycles. The van der Waals surface area contributed by atoms with Gasteiger partial charge in [-0.05, 0) is 39.0 Å². The Balaban J connectivity index is 3.05. The number of hydrogen-bond donors (Lipinski definition) is 3. The Bertz CT molecular complexity index is 668. The SMILES string of the molecule is C#CCNC(=O)c1cc(NC(=O)OC(C)(C)C)cc(C(=O)O)c1. The third-order valence-electron chi connectivity index (χ3n) is 2.44. The van der Waals surface area contributed by atoms with Gasteiger partial charge in [-0.3, -0.25) is 10.1 Å². The highest BCUT2D eigenvalue weighted by Crippen LogP contribution is 2.17. The van der Waals surface area contributed by atoms with E-state index in [4.69, 9.17) is 16.3 Å². The summed E-state index contributed by atoms with van der Waals surface area (Å²) in [5.41, 5.74) is -0.665. The highest BCUT2D eigenvalue weighted by atomic mass is 16.6. The van der Waals surface area contributed by atoms with Gasteiger partial charge >= 0.3 is 12.1 Å². The lowest BCUT2D eigenvalue weighted by Crippen LogP contribution is -2.28. The predicted octanol–water partition coefficient (Wildman–Crippen LogP) is 2.09. The van der Waals surface area contributed by atoms with E-state index in [-0.39, 0.29) is 23.4 Å². The minimum absolute atomic E-state index is 0.00492. The van der Waals surface area contributed by atoms with Gasteiger partial charge < -0.3 is 15.2 Å². The fourth-order valence-electron chi connectivity index (χ4n) is 1.61. The quantitative estimate of drug-likeness (QED) is 0.737. The van der Waals surface area contributed by atoms with Crippen molar-refractivity contribution >= 4 is 23.7 Å². The number of rotatable bonds is 4. The lowest BCUT2D eigenvalue weighted by Gasteiger charge is -2.20. The summed E-state index contributed by atoms with van der Waals surface area (Å²) in [6.07, 6.45) is 4.30. The molecule has 0 aromatic heterocycles. The van der Waals surface area contributed by atoms with Crippen molar-refractivity contribution in [1.29, 1.82) is 0 Å². The molecule has 0 unspecified atom stereocenters. The molecule has 2 amide bonds. The van der Waals surface area contributed by atoms with Crippen LogP contribution in [0.25, 0.3) is 0 Å². The summed E-state index contributed by atoms with van der Waals surface area (Å²) in [4.78, 5) is 34.8. The summed E-state index contributed by atoms with van der Waals surface area (Å²) in [5.74, 6) is 0.465. The van der Waals surface area contributed by atoms with E-state index in [1.54, 1.807) is 20.8 Å². The molecular formula is C16H18N2O5. The Morgan fingerprint density at radius 2 is 1.83 bits per heavy atom. The standard InChI is InChI=1S/C16H18N2O5/c1-5-6-17-13(19)10-7-11(14(20)21)9-12(8-10)18-15(22)23-16(2,3)4/h1,7-9H,6H2,2-4H3,(H,17,19)(H,18,22)(H,20,21). The fraction of sp³-hybridized carbons (Fsp3) is 0.312. The third kappa shape index (κ3) is 6.09. The average Bonchev–Trinajstić information content (AvgIpc) is 2.42. The van der Waals surface area contributed by atoms with Crippen molar-refractivity contribution in [3.05, 3.63) is 29.3 Å². The first-order chi connectivity index (χ1) is 10.6. The van der Waals surface area contributed by atoms with Gasteiger partial charge in [-0.25, -0.2) is 9.59 Å². The molecule has 1 aromatic rings.